The number of nitrogens with one attached hydrogen (secondary N) is 1. The molecule has 114 valence electrons. The largest absolute Gasteiger partial charge is 0.300 e. The maximum atomic E-state index is 9.61. The van der Waals surface area contributed by atoms with Gasteiger partial charge < -0.3 is 4.90 Å². The van der Waals surface area contributed by atoms with Gasteiger partial charge in [0.2, 0.25) is 0 Å². The fraction of sp³-hybridized carbons (Fsp3) is 0.941. The molecule has 0 aromatic rings. The van der Waals surface area contributed by atoms with Crippen molar-refractivity contribution in [2.75, 3.05) is 13.1 Å². The van der Waals surface area contributed by atoms with Crippen molar-refractivity contribution in [2.24, 2.45) is 0 Å². The molecular formula is C17H31N3. The monoisotopic (exact) mass is 277 g/mol. The first-order valence-corrected chi connectivity index (χ1v) is 8.66. The Morgan fingerprint density at radius 1 is 1.15 bits per heavy atom. The van der Waals surface area contributed by atoms with Gasteiger partial charge in [0.15, 0.2) is 0 Å². The van der Waals surface area contributed by atoms with Crippen LogP contribution in [0, 0.1) is 11.3 Å². The van der Waals surface area contributed by atoms with E-state index >= 15 is 0 Å². The van der Waals surface area contributed by atoms with Gasteiger partial charge in [0, 0.05) is 12.1 Å². The lowest BCUT2D eigenvalue weighted by atomic mass is 9.99. The predicted molar refractivity (Wildman–Crippen MR) is 83.5 cm³/mol. The zero-order valence-corrected chi connectivity index (χ0v) is 13.3. The van der Waals surface area contributed by atoms with Gasteiger partial charge in [0.25, 0.3) is 0 Å². The van der Waals surface area contributed by atoms with Gasteiger partial charge in [-0.2, -0.15) is 5.26 Å². The Morgan fingerprint density at radius 2 is 1.80 bits per heavy atom. The van der Waals surface area contributed by atoms with Crippen LogP contribution in [0.4, 0.5) is 0 Å². The first kappa shape index (κ1) is 15.8. The van der Waals surface area contributed by atoms with E-state index in [-0.39, 0.29) is 5.54 Å². The molecule has 20 heavy (non-hydrogen) atoms. The lowest BCUT2D eigenvalue weighted by molar-refractivity contribution is 0.186. The molecule has 0 aromatic carbocycles. The van der Waals surface area contributed by atoms with Crippen molar-refractivity contribution in [3.05, 3.63) is 0 Å². The number of nitriles is 1. The molecule has 3 nitrogen and oxygen atoms in total. The molecule has 2 aliphatic rings. The predicted octanol–water partition coefficient (Wildman–Crippen LogP) is 3.46. The van der Waals surface area contributed by atoms with E-state index in [9.17, 15) is 5.26 Å². The SMILES string of the molecule is CCCCN(CCCC)C1CCC(C#N)(NC2CC2)C1. The summed E-state index contributed by atoms with van der Waals surface area (Å²) in [6.45, 7) is 6.96. The molecule has 0 spiro atoms. The van der Waals surface area contributed by atoms with Crippen molar-refractivity contribution in [1.82, 2.24) is 10.2 Å². The minimum Gasteiger partial charge on any atom is -0.300 e. The van der Waals surface area contributed by atoms with Crippen LogP contribution in [0.2, 0.25) is 0 Å². The quantitative estimate of drug-likeness (QED) is 0.701. The van der Waals surface area contributed by atoms with Gasteiger partial charge in [-0.05, 0) is 58.0 Å². The van der Waals surface area contributed by atoms with E-state index in [0.29, 0.717) is 12.1 Å². The molecule has 0 heterocycles. The van der Waals surface area contributed by atoms with E-state index in [0.717, 1.165) is 12.8 Å². The van der Waals surface area contributed by atoms with E-state index in [1.54, 1.807) is 0 Å². The molecule has 2 saturated carbocycles. The highest BCUT2D eigenvalue weighted by molar-refractivity contribution is 5.15. The second kappa shape index (κ2) is 7.43. The van der Waals surface area contributed by atoms with Crippen LogP contribution < -0.4 is 5.32 Å². The lowest BCUT2D eigenvalue weighted by Crippen LogP contribution is -2.45. The van der Waals surface area contributed by atoms with Crippen LogP contribution in [-0.4, -0.2) is 35.6 Å². The summed E-state index contributed by atoms with van der Waals surface area (Å²) in [4.78, 5) is 2.67. The van der Waals surface area contributed by atoms with E-state index in [1.165, 1.54) is 58.0 Å². The van der Waals surface area contributed by atoms with Crippen molar-refractivity contribution < 1.29 is 0 Å². The van der Waals surface area contributed by atoms with Gasteiger partial charge in [-0.1, -0.05) is 26.7 Å². The Morgan fingerprint density at radius 3 is 2.30 bits per heavy atom. The van der Waals surface area contributed by atoms with Gasteiger partial charge in [-0.3, -0.25) is 5.32 Å². The number of hydrogen-bond acceptors (Lipinski definition) is 3. The molecule has 2 atom stereocenters. The highest BCUT2D eigenvalue weighted by atomic mass is 15.2. The van der Waals surface area contributed by atoms with E-state index in [4.69, 9.17) is 0 Å². The third-order valence-electron chi connectivity index (χ3n) is 4.87. The summed E-state index contributed by atoms with van der Waals surface area (Å²) >= 11 is 0. The first-order chi connectivity index (χ1) is 9.73. The summed E-state index contributed by atoms with van der Waals surface area (Å²) in [5, 5.41) is 13.2. The van der Waals surface area contributed by atoms with E-state index < -0.39 is 0 Å². The average molecular weight is 277 g/mol. The van der Waals surface area contributed by atoms with Crippen LogP contribution in [0.3, 0.4) is 0 Å². The zero-order valence-electron chi connectivity index (χ0n) is 13.3. The molecule has 2 rings (SSSR count). The maximum Gasteiger partial charge on any atom is 0.108 e. The van der Waals surface area contributed by atoms with Crippen molar-refractivity contribution in [1.29, 1.82) is 5.26 Å². The summed E-state index contributed by atoms with van der Waals surface area (Å²) in [5.74, 6) is 0. The maximum absolute atomic E-state index is 9.61. The van der Waals surface area contributed by atoms with Gasteiger partial charge in [0.05, 0.1) is 6.07 Å². The minimum absolute atomic E-state index is 0.220. The van der Waals surface area contributed by atoms with Crippen LogP contribution in [0.15, 0.2) is 0 Å². The Hall–Kier alpha value is -0.590. The summed E-state index contributed by atoms with van der Waals surface area (Å²) in [7, 11) is 0. The molecule has 0 aromatic heterocycles. The van der Waals surface area contributed by atoms with Crippen molar-refractivity contribution in [3.8, 4) is 6.07 Å². The smallest absolute Gasteiger partial charge is 0.108 e. The third-order valence-corrected chi connectivity index (χ3v) is 4.87. The number of hydrogen-bond donors (Lipinski definition) is 1. The Kier molecular flexibility index (Phi) is 5.86. The van der Waals surface area contributed by atoms with Gasteiger partial charge in [-0.25, -0.2) is 0 Å². The fourth-order valence-corrected chi connectivity index (χ4v) is 3.41. The van der Waals surface area contributed by atoms with Crippen LogP contribution in [0.25, 0.3) is 0 Å². The average Bonchev–Trinajstić information content (AvgIpc) is 3.17. The summed E-state index contributed by atoms with van der Waals surface area (Å²) < 4.78 is 0. The lowest BCUT2D eigenvalue weighted by Gasteiger charge is -2.30. The molecule has 0 radical (unpaired) electrons. The molecule has 0 bridgehead atoms. The Bertz CT molecular complexity index is 324. The third kappa shape index (κ3) is 4.20. The molecule has 2 unspecified atom stereocenters. The van der Waals surface area contributed by atoms with Crippen LogP contribution in [-0.2, 0) is 0 Å². The van der Waals surface area contributed by atoms with E-state index in [1.807, 2.05) is 0 Å². The highest BCUT2D eigenvalue weighted by Gasteiger charge is 2.44. The van der Waals surface area contributed by atoms with Crippen LogP contribution >= 0.6 is 0 Å². The number of unbranched alkanes of at least 4 members (excludes halogenated alkanes) is 2. The number of rotatable bonds is 9. The van der Waals surface area contributed by atoms with Gasteiger partial charge >= 0.3 is 0 Å². The Labute approximate surface area is 124 Å². The van der Waals surface area contributed by atoms with Crippen LogP contribution in [0.5, 0.6) is 0 Å². The zero-order chi connectivity index (χ0) is 14.4. The number of nitrogens with zero attached hydrogens (tertiary/aromatic N) is 2. The molecule has 3 heteroatoms. The van der Waals surface area contributed by atoms with Crippen molar-refractivity contribution in [2.45, 2.75) is 89.3 Å². The normalized spacial score (nSPS) is 29.8. The van der Waals surface area contributed by atoms with Gasteiger partial charge in [-0.15, -0.1) is 0 Å². The molecule has 2 fully saturated rings. The van der Waals surface area contributed by atoms with Gasteiger partial charge in [0.1, 0.15) is 5.54 Å². The summed E-state index contributed by atoms with van der Waals surface area (Å²) in [5.41, 5.74) is -0.220. The molecule has 0 amide bonds. The first-order valence-electron chi connectivity index (χ1n) is 8.66. The second-order valence-corrected chi connectivity index (χ2v) is 6.75. The molecular weight excluding hydrogens is 246 g/mol. The van der Waals surface area contributed by atoms with E-state index in [2.05, 4.69) is 30.1 Å². The topological polar surface area (TPSA) is 39.1 Å². The summed E-state index contributed by atoms with van der Waals surface area (Å²) in [6, 6.07) is 3.86. The summed E-state index contributed by atoms with van der Waals surface area (Å²) in [6.07, 6.45) is 10.9. The van der Waals surface area contributed by atoms with Crippen molar-refractivity contribution in [3.63, 3.8) is 0 Å². The molecule has 2 aliphatic carbocycles. The van der Waals surface area contributed by atoms with Crippen molar-refractivity contribution >= 4 is 0 Å². The highest BCUT2D eigenvalue weighted by Crippen LogP contribution is 2.36. The Balaban J connectivity index is 1.90. The second-order valence-electron chi connectivity index (χ2n) is 6.75. The molecule has 1 N–H and O–H groups in total. The minimum atomic E-state index is -0.220. The standard InChI is InChI=1S/C17H31N3/c1-3-5-11-20(12-6-4-2)16-9-10-17(13-16,14-18)19-15-7-8-15/h15-16,19H,3-13H2,1-2H3. The molecule has 0 aliphatic heterocycles. The van der Waals surface area contributed by atoms with Crippen LogP contribution in [0.1, 0.15) is 71.6 Å². The fourth-order valence-electron chi connectivity index (χ4n) is 3.41. The molecule has 0 saturated heterocycles.